The average Bonchev–Trinajstić information content (AvgIpc) is 2.87. The van der Waals surface area contributed by atoms with Crippen LogP contribution in [0.15, 0.2) is 18.2 Å². The van der Waals surface area contributed by atoms with Crippen molar-refractivity contribution in [1.29, 1.82) is 0 Å². The van der Waals surface area contributed by atoms with E-state index in [0.717, 1.165) is 31.6 Å². The largest absolute Gasteiger partial charge is 0.325 e. The van der Waals surface area contributed by atoms with Crippen molar-refractivity contribution in [2.24, 2.45) is 0 Å². The van der Waals surface area contributed by atoms with Crippen molar-refractivity contribution in [3.05, 3.63) is 29.8 Å². The van der Waals surface area contributed by atoms with E-state index in [0.29, 0.717) is 6.04 Å². The molecule has 1 atom stereocenters. The molecule has 2 rings (SSSR count). The summed E-state index contributed by atoms with van der Waals surface area (Å²) in [4.78, 5) is 13.7. The summed E-state index contributed by atoms with van der Waals surface area (Å²) in [7, 11) is 1.88. The lowest BCUT2D eigenvalue weighted by atomic mass is 10.2. The lowest BCUT2D eigenvalue weighted by Gasteiger charge is -2.22. The van der Waals surface area contributed by atoms with Gasteiger partial charge in [-0.2, -0.15) is 0 Å². The molecule has 1 aliphatic rings. The van der Waals surface area contributed by atoms with Gasteiger partial charge in [0.1, 0.15) is 0 Å². The smallest absolute Gasteiger partial charge is 0.238 e. The lowest BCUT2D eigenvalue weighted by molar-refractivity contribution is -0.117. The second-order valence-electron chi connectivity index (χ2n) is 4.74. The Bertz CT molecular complexity index is 461. The number of benzene rings is 1. The highest BCUT2D eigenvalue weighted by atomic mass is 19.2. The minimum Gasteiger partial charge on any atom is -0.325 e. The van der Waals surface area contributed by atoms with Gasteiger partial charge in [0.25, 0.3) is 0 Å². The van der Waals surface area contributed by atoms with Crippen LogP contribution >= 0.6 is 0 Å². The Morgan fingerprint density at radius 3 is 2.89 bits per heavy atom. The molecule has 0 radical (unpaired) electrons. The Morgan fingerprint density at radius 1 is 1.47 bits per heavy atom. The standard InChI is InChI=1S/C13H17F2N3O/c1-18(10-4-5-16-7-10)8-13(19)17-9-2-3-11(14)12(15)6-9/h2-3,6,10,16H,4-5,7-8H2,1H3,(H,17,19). The molecule has 1 fully saturated rings. The molecule has 0 bridgehead atoms. The Labute approximate surface area is 110 Å². The van der Waals surface area contributed by atoms with Gasteiger partial charge in [0, 0.05) is 24.3 Å². The van der Waals surface area contributed by atoms with Gasteiger partial charge in [-0.1, -0.05) is 0 Å². The van der Waals surface area contributed by atoms with E-state index in [1.807, 2.05) is 11.9 Å². The number of rotatable bonds is 4. The van der Waals surface area contributed by atoms with E-state index in [4.69, 9.17) is 0 Å². The SMILES string of the molecule is CN(CC(=O)Nc1ccc(F)c(F)c1)C1CCNC1. The Balaban J connectivity index is 1.88. The number of nitrogens with zero attached hydrogens (tertiary/aromatic N) is 1. The molecular weight excluding hydrogens is 252 g/mol. The van der Waals surface area contributed by atoms with Gasteiger partial charge in [0.15, 0.2) is 11.6 Å². The molecule has 0 saturated carbocycles. The van der Waals surface area contributed by atoms with E-state index in [1.165, 1.54) is 6.07 Å². The number of amides is 1. The zero-order valence-electron chi connectivity index (χ0n) is 10.7. The number of carbonyl (C=O) groups is 1. The number of hydrogen-bond donors (Lipinski definition) is 2. The second kappa shape index (κ2) is 6.08. The van der Waals surface area contributed by atoms with E-state index in [1.54, 1.807) is 0 Å². The van der Waals surface area contributed by atoms with Crippen LogP contribution in [-0.4, -0.2) is 43.5 Å². The molecule has 1 aromatic rings. The molecule has 1 unspecified atom stereocenters. The minimum absolute atomic E-state index is 0.228. The minimum atomic E-state index is -0.967. The van der Waals surface area contributed by atoms with Crippen LogP contribution in [0.2, 0.25) is 0 Å². The molecule has 1 aliphatic heterocycles. The molecule has 4 nitrogen and oxygen atoms in total. The summed E-state index contributed by atoms with van der Waals surface area (Å²) in [6.45, 7) is 2.06. The first-order valence-electron chi connectivity index (χ1n) is 6.22. The molecule has 19 heavy (non-hydrogen) atoms. The highest BCUT2D eigenvalue weighted by Gasteiger charge is 2.20. The van der Waals surface area contributed by atoms with Crippen molar-refractivity contribution in [2.75, 3.05) is 32.0 Å². The fraction of sp³-hybridized carbons (Fsp3) is 0.462. The van der Waals surface area contributed by atoms with Crippen LogP contribution < -0.4 is 10.6 Å². The number of hydrogen-bond acceptors (Lipinski definition) is 3. The fourth-order valence-electron chi connectivity index (χ4n) is 2.15. The van der Waals surface area contributed by atoms with E-state index < -0.39 is 11.6 Å². The number of halogens is 2. The summed E-state index contributed by atoms with van der Waals surface area (Å²) in [5.41, 5.74) is 0.266. The van der Waals surface area contributed by atoms with E-state index in [9.17, 15) is 13.6 Å². The summed E-state index contributed by atoms with van der Waals surface area (Å²) in [6.07, 6.45) is 1.01. The molecule has 1 heterocycles. The van der Waals surface area contributed by atoms with Crippen LogP contribution in [-0.2, 0) is 4.79 Å². The van der Waals surface area contributed by atoms with Gasteiger partial charge < -0.3 is 10.6 Å². The van der Waals surface area contributed by atoms with Crippen LogP contribution in [0.1, 0.15) is 6.42 Å². The predicted octanol–water partition coefficient (Wildman–Crippen LogP) is 1.20. The molecule has 1 aromatic carbocycles. The van der Waals surface area contributed by atoms with Gasteiger partial charge in [-0.25, -0.2) is 8.78 Å². The molecule has 1 amide bonds. The second-order valence-corrected chi connectivity index (χ2v) is 4.74. The summed E-state index contributed by atoms with van der Waals surface area (Å²) in [5, 5.41) is 5.78. The van der Waals surface area contributed by atoms with Crippen molar-refractivity contribution in [3.8, 4) is 0 Å². The van der Waals surface area contributed by atoms with Gasteiger partial charge in [0.05, 0.1) is 6.54 Å². The lowest BCUT2D eigenvalue weighted by Crippen LogP contribution is -2.39. The first kappa shape index (κ1) is 13.9. The maximum absolute atomic E-state index is 13.0. The first-order valence-corrected chi connectivity index (χ1v) is 6.22. The first-order chi connectivity index (χ1) is 9.06. The van der Waals surface area contributed by atoms with E-state index in [-0.39, 0.29) is 18.1 Å². The van der Waals surface area contributed by atoms with E-state index >= 15 is 0 Å². The summed E-state index contributed by atoms with van der Waals surface area (Å²) in [5.74, 6) is -2.13. The number of carbonyl (C=O) groups excluding carboxylic acids is 1. The number of anilines is 1. The molecule has 2 N–H and O–H groups in total. The summed E-state index contributed by atoms with van der Waals surface area (Å²) in [6, 6.07) is 3.66. The van der Waals surface area contributed by atoms with Gasteiger partial charge in [-0.15, -0.1) is 0 Å². The fourth-order valence-corrected chi connectivity index (χ4v) is 2.15. The number of likely N-dealkylation sites (N-methyl/N-ethyl adjacent to an activating group) is 1. The van der Waals surface area contributed by atoms with E-state index in [2.05, 4.69) is 10.6 Å². The third-order valence-electron chi connectivity index (χ3n) is 3.25. The van der Waals surface area contributed by atoms with Crippen molar-refractivity contribution >= 4 is 11.6 Å². The van der Waals surface area contributed by atoms with Gasteiger partial charge >= 0.3 is 0 Å². The quantitative estimate of drug-likeness (QED) is 0.863. The monoisotopic (exact) mass is 269 g/mol. The van der Waals surface area contributed by atoms with Crippen LogP contribution in [0.25, 0.3) is 0 Å². The van der Waals surface area contributed by atoms with Crippen LogP contribution in [0.4, 0.5) is 14.5 Å². The Kier molecular flexibility index (Phi) is 4.44. The summed E-state index contributed by atoms with van der Waals surface area (Å²) < 4.78 is 25.7. The third-order valence-corrected chi connectivity index (χ3v) is 3.25. The normalized spacial score (nSPS) is 18.8. The van der Waals surface area contributed by atoms with Gasteiger partial charge in [0.2, 0.25) is 5.91 Å². The van der Waals surface area contributed by atoms with Gasteiger partial charge in [-0.05, 0) is 32.1 Å². The zero-order valence-corrected chi connectivity index (χ0v) is 10.7. The molecule has 6 heteroatoms. The van der Waals surface area contributed by atoms with Crippen molar-refractivity contribution in [1.82, 2.24) is 10.2 Å². The third kappa shape index (κ3) is 3.71. The Morgan fingerprint density at radius 2 is 2.26 bits per heavy atom. The highest BCUT2D eigenvalue weighted by molar-refractivity contribution is 5.92. The van der Waals surface area contributed by atoms with Crippen molar-refractivity contribution < 1.29 is 13.6 Å². The summed E-state index contributed by atoms with van der Waals surface area (Å²) >= 11 is 0. The molecule has 0 aromatic heterocycles. The van der Waals surface area contributed by atoms with Gasteiger partial charge in [-0.3, -0.25) is 9.69 Å². The molecule has 104 valence electrons. The predicted molar refractivity (Wildman–Crippen MR) is 68.9 cm³/mol. The molecular formula is C13H17F2N3O. The topological polar surface area (TPSA) is 44.4 Å². The maximum atomic E-state index is 13.0. The average molecular weight is 269 g/mol. The molecule has 0 aliphatic carbocycles. The molecule has 0 spiro atoms. The number of nitrogens with one attached hydrogen (secondary N) is 2. The highest BCUT2D eigenvalue weighted by Crippen LogP contribution is 2.13. The van der Waals surface area contributed by atoms with Crippen LogP contribution in [0.3, 0.4) is 0 Å². The van der Waals surface area contributed by atoms with Crippen LogP contribution in [0.5, 0.6) is 0 Å². The maximum Gasteiger partial charge on any atom is 0.238 e. The Hall–Kier alpha value is -1.53. The zero-order chi connectivity index (χ0) is 13.8. The molecule has 1 saturated heterocycles. The van der Waals surface area contributed by atoms with Crippen molar-refractivity contribution in [2.45, 2.75) is 12.5 Å². The van der Waals surface area contributed by atoms with Crippen LogP contribution in [0, 0.1) is 11.6 Å². The van der Waals surface area contributed by atoms with Crippen molar-refractivity contribution in [3.63, 3.8) is 0 Å².